The molecule has 2 N–H and O–H groups in total. The fourth-order valence-electron chi connectivity index (χ4n) is 1.33. The highest BCUT2D eigenvalue weighted by Crippen LogP contribution is 2.28. The Labute approximate surface area is 131 Å². The Morgan fingerprint density at radius 2 is 2.15 bits per heavy atom. The zero-order chi connectivity index (χ0) is 14.9. The normalized spacial score (nSPS) is 11.3. The second kappa shape index (κ2) is 5.68. The summed E-state index contributed by atoms with van der Waals surface area (Å²) in [5.41, 5.74) is 0.876. The first-order chi connectivity index (χ1) is 9.31. The van der Waals surface area contributed by atoms with Gasteiger partial charge in [0, 0.05) is 4.47 Å². The molecule has 0 aliphatic heterocycles. The number of hydrogen-bond acceptors (Lipinski definition) is 5. The fraction of sp³-hybridized carbons (Fsp3) is 0. The molecule has 6 nitrogen and oxygen atoms in total. The Bertz CT molecular complexity index is 775. The van der Waals surface area contributed by atoms with Crippen LogP contribution in [0.1, 0.15) is 10.5 Å². The third-order valence-electron chi connectivity index (χ3n) is 2.15. The third-order valence-corrected chi connectivity index (χ3v) is 6.14. The maximum absolute atomic E-state index is 12.1. The van der Waals surface area contributed by atoms with Crippen LogP contribution in [0.15, 0.2) is 32.4 Å². The molecule has 0 aliphatic rings. The number of hydrogen-bond donors (Lipinski definition) is 2. The predicted octanol–water partition coefficient (Wildman–Crippen LogP) is 3.06. The lowest BCUT2D eigenvalue weighted by Gasteiger charge is -2.07. The van der Waals surface area contributed by atoms with E-state index in [9.17, 15) is 13.2 Å². The minimum atomic E-state index is -4.02. The van der Waals surface area contributed by atoms with Crippen LogP contribution in [0, 0.1) is 0 Å². The minimum absolute atomic E-state index is 0.225. The zero-order valence-corrected chi connectivity index (χ0v) is 13.5. The summed E-state index contributed by atoms with van der Waals surface area (Å²) < 4.78 is 26.8. The molecule has 0 amide bonds. The van der Waals surface area contributed by atoms with Crippen LogP contribution in [0.3, 0.4) is 0 Å². The van der Waals surface area contributed by atoms with Gasteiger partial charge in [-0.2, -0.15) is 0 Å². The second-order valence-corrected chi connectivity index (χ2v) is 7.52. The van der Waals surface area contributed by atoms with E-state index in [2.05, 4.69) is 25.6 Å². The second-order valence-electron chi connectivity index (χ2n) is 3.53. The number of aromatic nitrogens is 1. The van der Waals surface area contributed by atoms with Crippen LogP contribution >= 0.6 is 38.9 Å². The molecule has 0 atom stereocenters. The molecular formula is C10H6BrClN2O4S2. The van der Waals surface area contributed by atoms with Crippen molar-refractivity contribution >= 4 is 60.5 Å². The van der Waals surface area contributed by atoms with Crippen LogP contribution in [0.2, 0.25) is 5.02 Å². The van der Waals surface area contributed by atoms with Gasteiger partial charge in [-0.05, 0) is 34.1 Å². The molecule has 0 saturated heterocycles. The summed E-state index contributed by atoms with van der Waals surface area (Å²) in [7, 11) is -4.02. The van der Waals surface area contributed by atoms with Crippen LogP contribution in [0.4, 0.5) is 5.69 Å². The molecule has 20 heavy (non-hydrogen) atoms. The number of halogens is 2. The van der Waals surface area contributed by atoms with Crippen molar-refractivity contribution < 1.29 is 18.3 Å². The van der Waals surface area contributed by atoms with Gasteiger partial charge >= 0.3 is 5.97 Å². The van der Waals surface area contributed by atoms with E-state index in [1.165, 1.54) is 12.1 Å². The van der Waals surface area contributed by atoms with Gasteiger partial charge in [0.25, 0.3) is 10.0 Å². The highest BCUT2D eigenvalue weighted by molar-refractivity contribution is 9.10. The number of carbonyl (C=O) groups is 1. The van der Waals surface area contributed by atoms with Crippen molar-refractivity contribution in [1.82, 2.24) is 4.98 Å². The van der Waals surface area contributed by atoms with Gasteiger partial charge < -0.3 is 5.11 Å². The Kier molecular flexibility index (Phi) is 4.33. The number of benzene rings is 1. The topological polar surface area (TPSA) is 96.4 Å². The average molecular weight is 398 g/mol. The molecule has 0 fully saturated rings. The van der Waals surface area contributed by atoms with Gasteiger partial charge in [0.05, 0.1) is 16.2 Å². The van der Waals surface area contributed by atoms with Crippen molar-refractivity contribution in [1.29, 1.82) is 0 Å². The summed E-state index contributed by atoms with van der Waals surface area (Å²) in [4.78, 5) is 14.4. The van der Waals surface area contributed by atoms with Crippen molar-refractivity contribution in [2.24, 2.45) is 0 Å². The summed E-state index contributed by atoms with van der Waals surface area (Å²) in [6.07, 6.45) is 0. The highest BCUT2D eigenvalue weighted by Gasteiger charge is 2.25. The number of thiazole rings is 1. The summed E-state index contributed by atoms with van der Waals surface area (Å²) in [5.74, 6) is -1.40. The molecule has 1 aromatic heterocycles. The van der Waals surface area contributed by atoms with E-state index in [4.69, 9.17) is 16.7 Å². The van der Waals surface area contributed by atoms with Crippen molar-refractivity contribution in [3.05, 3.63) is 38.9 Å². The maximum atomic E-state index is 12.1. The zero-order valence-electron chi connectivity index (χ0n) is 9.50. The van der Waals surface area contributed by atoms with E-state index in [0.29, 0.717) is 9.50 Å². The van der Waals surface area contributed by atoms with E-state index >= 15 is 0 Å². The molecule has 1 aromatic carbocycles. The SMILES string of the molecule is O=C(O)c1ncsc1S(=O)(=O)Nc1ccc(Br)c(Cl)c1. The van der Waals surface area contributed by atoms with Gasteiger partial charge in [0.1, 0.15) is 0 Å². The molecule has 10 heteroatoms. The monoisotopic (exact) mass is 396 g/mol. The quantitative estimate of drug-likeness (QED) is 0.826. The summed E-state index contributed by atoms with van der Waals surface area (Å²) >= 11 is 9.77. The number of anilines is 1. The first-order valence-corrected chi connectivity index (χ1v) is 8.49. The predicted molar refractivity (Wildman–Crippen MR) is 79.0 cm³/mol. The largest absolute Gasteiger partial charge is 0.476 e. The van der Waals surface area contributed by atoms with Gasteiger partial charge in [-0.15, -0.1) is 11.3 Å². The number of carboxylic acid groups (broad SMARTS) is 1. The van der Waals surface area contributed by atoms with E-state index in [1.807, 2.05) is 0 Å². The number of sulfonamides is 1. The molecule has 0 bridgehead atoms. The lowest BCUT2D eigenvalue weighted by molar-refractivity contribution is 0.0687. The van der Waals surface area contributed by atoms with Crippen molar-refractivity contribution in [3.63, 3.8) is 0 Å². The van der Waals surface area contributed by atoms with Gasteiger partial charge in [-0.1, -0.05) is 11.6 Å². The van der Waals surface area contributed by atoms with Crippen molar-refractivity contribution in [3.8, 4) is 0 Å². The first kappa shape index (κ1) is 15.2. The van der Waals surface area contributed by atoms with Crippen LogP contribution in [0.5, 0.6) is 0 Å². The van der Waals surface area contributed by atoms with E-state index in [1.54, 1.807) is 6.07 Å². The molecule has 2 aromatic rings. The number of aromatic carboxylic acids is 1. The Balaban J connectivity index is 2.38. The third kappa shape index (κ3) is 3.11. The summed E-state index contributed by atoms with van der Waals surface area (Å²) in [5, 5.41) is 9.22. The van der Waals surface area contributed by atoms with Gasteiger partial charge in [0.2, 0.25) is 0 Å². The smallest absolute Gasteiger partial charge is 0.356 e. The molecule has 0 saturated carbocycles. The Morgan fingerprint density at radius 1 is 1.45 bits per heavy atom. The number of nitrogens with zero attached hydrogens (tertiary/aromatic N) is 1. The first-order valence-electron chi connectivity index (χ1n) is 4.96. The van der Waals surface area contributed by atoms with E-state index in [-0.39, 0.29) is 9.90 Å². The number of nitrogens with one attached hydrogen (secondary N) is 1. The van der Waals surface area contributed by atoms with Gasteiger partial charge in [-0.25, -0.2) is 18.2 Å². The Hall–Kier alpha value is -1.16. The van der Waals surface area contributed by atoms with Crippen LogP contribution < -0.4 is 4.72 Å². The van der Waals surface area contributed by atoms with Crippen molar-refractivity contribution in [2.75, 3.05) is 4.72 Å². The molecule has 106 valence electrons. The summed E-state index contributed by atoms with van der Waals surface area (Å²) in [6.45, 7) is 0. The molecule has 0 spiro atoms. The van der Waals surface area contributed by atoms with E-state index < -0.39 is 21.7 Å². The average Bonchev–Trinajstić information content (AvgIpc) is 2.83. The minimum Gasteiger partial charge on any atom is -0.476 e. The Morgan fingerprint density at radius 3 is 2.75 bits per heavy atom. The number of carboxylic acids is 1. The fourth-order valence-corrected chi connectivity index (χ4v) is 3.95. The molecular weight excluding hydrogens is 392 g/mol. The lowest BCUT2D eigenvalue weighted by Crippen LogP contribution is -2.15. The molecule has 0 unspecified atom stereocenters. The number of rotatable bonds is 4. The standard InChI is InChI=1S/C10H6BrClN2O4S2/c11-6-2-1-5(3-7(6)12)14-20(17,18)10-8(9(15)16)13-4-19-10/h1-4,14H,(H,15,16). The molecule has 1 heterocycles. The molecule has 2 rings (SSSR count). The van der Waals surface area contributed by atoms with E-state index in [0.717, 1.165) is 16.8 Å². The highest BCUT2D eigenvalue weighted by atomic mass is 79.9. The molecule has 0 radical (unpaired) electrons. The van der Waals surface area contributed by atoms with Crippen LogP contribution in [-0.2, 0) is 10.0 Å². The van der Waals surface area contributed by atoms with Crippen molar-refractivity contribution in [2.45, 2.75) is 4.21 Å². The summed E-state index contributed by atoms with van der Waals surface area (Å²) in [6, 6.07) is 4.48. The van der Waals surface area contributed by atoms with Crippen LogP contribution in [0.25, 0.3) is 0 Å². The lowest BCUT2D eigenvalue weighted by atomic mass is 10.3. The molecule has 0 aliphatic carbocycles. The van der Waals surface area contributed by atoms with Crippen LogP contribution in [-0.4, -0.2) is 24.5 Å². The van der Waals surface area contributed by atoms with Gasteiger partial charge in [-0.3, -0.25) is 4.72 Å². The van der Waals surface area contributed by atoms with Gasteiger partial charge in [0.15, 0.2) is 9.90 Å². The maximum Gasteiger partial charge on any atom is 0.356 e.